The molecule has 0 radical (unpaired) electrons. The molecule has 0 fully saturated rings. The average molecular weight is 359 g/mol. The van der Waals surface area contributed by atoms with E-state index in [1.54, 1.807) is 42.6 Å². The van der Waals surface area contributed by atoms with Gasteiger partial charge in [0.15, 0.2) is 9.84 Å². The van der Waals surface area contributed by atoms with Gasteiger partial charge in [-0.05, 0) is 35.4 Å². The van der Waals surface area contributed by atoms with Crippen molar-refractivity contribution < 1.29 is 12.8 Å². The number of benzene rings is 2. The van der Waals surface area contributed by atoms with E-state index in [2.05, 4.69) is 15.3 Å². The first-order valence-corrected chi connectivity index (χ1v) is 9.66. The highest BCUT2D eigenvalue weighted by molar-refractivity contribution is 7.90. The van der Waals surface area contributed by atoms with Gasteiger partial charge in [-0.3, -0.25) is 15.3 Å². The Kier molecular flexibility index (Phi) is 5.06. The van der Waals surface area contributed by atoms with Crippen molar-refractivity contribution in [2.24, 2.45) is 9.98 Å². The zero-order chi connectivity index (χ0) is 17.9. The van der Waals surface area contributed by atoms with Crippen LogP contribution in [-0.2, 0) is 16.4 Å². The summed E-state index contributed by atoms with van der Waals surface area (Å²) < 4.78 is 36.0. The summed E-state index contributed by atoms with van der Waals surface area (Å²) in [5, 5.41) is 3.24. The molecule has 0 spiro atoms. The first-order valence-electron chi connectivity index (χ1n) is 7.77. The van der Waals surface area contributed by atoms with Gasteiger partial charge in [0.1, 0.15) is 12.0 Å². The minimum Gasteiger partial charge on any atom is -0.287 e. The van der Waals surface area contributed by atoms with E-state index in [4.69, 9.17) is 0 Å². The maximum absolute atomic E-state index is 12.9. The molecule has 130 valence electrons. The summed E-state index contributed by atoms with van der Waals surface area (Å²) in [6, 6.07) is 12.9. The number of halogens is 1. The Balaban J connectivity index is 1.69. The van der Waals surface area contributed by atoms with E-state index >= 15 is 0 Å². The fourth-order valence-corrected chi connectivity index (χ4v) is 3.09. The number of nitrogens with one attached hydrogen (secondary N) is 1. The highest BCUT2D eigenvalue weighted by atomic mass is 32.2. The van der Waals surface area contributed by atoms with Crippen molar-refractivity contribution in [1.82, 2.24) is 5.32 Å². The van der Waals surface area contributed by atoms with Crippen LogP contribution in [0.25, 0.3) is 0 Å². The van der Waals surface area contributed by atoms with Gasteiger partial charge >= 0.3 is 0 Å². The molecule has 0 bridgehead atoms. The summed E-state index contributed by atoms with van der Waals surface area (Å²) in [5.41, 5.74) is 2.59. The second-order valence-electron chi connectivity index (χ2n) is 5.81. The second kappa shape index (κ2) is 7.25. The Bertz CT molecular complexity index is 904. The van der Waals surface area contributed by atoms with E-state index in [0.29, 0.717) is 13.1 Å². The lowest BCUT2D eigenvalue weighted by Gasteiger charge is -2.17. The predicted octanol–water partition coefficient (Wildman–Crippen LogP) is 2.22. The lowest BCUT2D eigenvalue weighted by Crippen LogP contribution is -2.32. The van der Waals surface area contributed by atoms with Crippen molar-refractivity contribution >= 4 is 21.8 Å². The van der Waals surface area contributed by atoms with Crippen molar-refractivity contribution in [3.8, 4) is 0 Å². The number of sulfone groups is 1. The molecule has 0 amide bonds. The first kappa shape index (κ1) is 17.4. The monoisotopic (exact) mass is 359 g/mol. The minimum absolute atomic E-state index is 0.263. The summed E-state index contributed by atoms with van der Waals surface area (Å²) in [7, 11) is -3.21. The molecule has 1 heterocycles. The molecule has 25 heavy (non-hydrogen) atoms. The number of hydrogen-bond donors (Lipinski definition) is 1. The quantitative estimate of drug-likeness (QED) is 0.890. The smallest absolute Gasteiger partial charge is 0.175 e. The molecule has 5 nitrogen and oxygen atoms in total. The van der Waals surface area contributed by atoms with Gasteiger partial charge in [0.25, 0.3) is 0 Å². The molecule has 0 aromatic heterocycles. The van der Waals surface area contributed by atoms with Crippen molar-refractivity contribution in [3.05, 3.63) is 65.5 Å². The van der Waals surface area contributed by atoms with E-state index in [1.807, 2.05) is 0 Å². The average Bonchev–Trinajstić information content (AvgIpc) is 2.61. The standard InChI is InChI=1S/C18H18FN3O2S/c1-25(23,24)16-8-4-14(5-9-16)17-11-20-12-18(22-17)21-10-13-2-6-15(19)7-3-13/h2-9,12,18,21H,10-11H2,1H3. The van der Waals surface area contributed by atoms with Crippen LogP contribution in [0.1, 0.15) is 11.1 Å². The minimum atomic E-state index is -3.21. The van der Waals surface area contributed by atoms with Crippen LogP contribution in [0, 0.1) is 5.82 Å². The Labute approximate surface area is 146 Å². The van der Waals surface area contributed by atoms with Gasteiger partial charge in [-0.15, -0.1) is 0 Å². The van der Waals surface area contributed by atoms with Crippen molar-refractivity contribution in [2.45, 2.75) is 17.6 Å². The molecular weight excluding hydrogens is 341 g/mol. The fraction of sp³-hybridized carbons (Fsp3) is 0.222. The third kappa shape index (κ3) is 4.58. The van der Waals surface area contributed by atoms with Gasteiger partial charge < -0.3 is 0 Å². The first-order chi connectivity index (χ1) is 11.9. The molecule has 3 rings (SSSR count). The zero-order valence-electron chi connectivity index (χ0n) is 13.7. The highest BCUT2D eigenvalue weighted by Gasteiger charge is 2.13. The molecule has 7 heteroatoms. The molecule has 0 saturated carbocycles. The molecule has 1 N–H and O–H groups in total. The number of aliphatic imine (C=N–C) groups is 2. The lowest BCUT2D eigenvalue weighted by molar-refractivity contribution is 0.602. The van der Waals surface area contributed by atoms with E-state index in [0.717, 1.165) is 16.8 Å². The molecule has 2 aromatic carbocycles. The van der Waals surface area contributed by atoms with Crippen LogP contribution in [0.4, 0.5) is 4.39 Å². The second-order valence-corrected chi connectivity index (χ2v) is 7.83. The molecule has 1 atom stereocenters. The molecule has 0 aliphatic carbocycles. The van der Waals surface area contributed by atoms with Crippen LogP contribution >= 0.6 is 0 Å². The molecular formula is C18H18FN3O2S. The molecule has 1 aliphatic heterocycles. The summed E-state index contributed by atoms with van der Waals surface area (Å²) in [6.07, 6.45) is 2.64. The van der Waals surface area contributed by atoms with Gasteiger partial charge in [-0.1, -0.05) is 24.3 Å². The Morgan fingerprint density at radius 1 is 1.12 bits per heavy atom. The van der Waals surface area contributed by atoms with Crippen molar-refractivity contribution in [2.75, 3.05) is 12.8 Å². The number of rotatable bonds is 5. The van der Waals surface area contributed by atoms with Crippen molar-refractivity contribution in [1.29, 1.82) is 0 Å². The van der Waals surface area contributed by atoms with Crippen LogP contribution in [0.15, 0.2) is 63.4 Å². The maximum Gasteiger partial charge on any atom is 0.175 e. The highest BCUT2D eigenvalue weighted by Crippen LogP contribution is 2.13. The van der Waals surface area contributed by atoms with Gasteiger partial charge in [0, 0.05) is 19.0 Å². The van der Waals surface area contributed by atoms with E-state index in [1.165, 1.54) is 18.4 Å². The molecule has 1 aliphatic rings. The van der Waals surface area contributed by atoms with Crippen LogP contribution in [0.2, 0.25) is 0 Å². The predicted molar refractivity (Wildman–Crippen MR) is 96.5 cm³/mol. The largest absolute Gasteiger partial charge is 0.287 e. The third-order valence-corrected chi connectivity index (χ3v) is 4.96. The summed E-state index contributed by atoms with van der Waals surface area (Å²) in [5.74, 6) is -0.263. The molecule has 2 aromatic rings. The molecule has 0 saturated heterocycles. The fourth-order valence-electron chi connectivity index (χ4n) is 2.46. The Morgan fingerprint density at radius 2 is 1.80 bits per heavy atom. The third-order valence-electron chi connectivity index (χ3n) is 3.83. The maximum atomic E-state index is 12.9. The van der Waals surface area contributed by atoms with Gasteiger partial charge in [-0.25, -0.2) is 12.8 Å². The Hall–Kier alpha value is -2.38. The van der Waals surface area contributed by atoms with Crippen LogP contribution < -0.4 is 5.32 Å². The lowest BCUT2D eigenvalue weighted by atomic mass is 10.1. The topological polar surface area (TPSA) is 70.9 Å². The van der Waals surface area contributed by atoms with Gasteiger partial charge in [-0.2, -0.15) is 0 Å². The van der Waals surface area contributed by atoms with Crippen molar-refractivity contribution in [3.63, 3.8) is 0 Å². The van der Waals surface area contributed by atoms with E-state index in [9.17, 15) is 12.8 Å². The summed E-state index contributed by atoms with van der Waals surface area (Å²) >= 11 is 0. The van der Waals surface area contributed by atoms with Gasteiger partial charge in [0.2, 0.25) is 0 Å². The van der Waals surface area contributed by atoms with Crippen LogP contribution in [0.3, 0.4) is 0 Å². The number of nitrogens with zero attached hydrogens (tertiary/aromatic N) is 2. The number of hydrogen-bond acceptors (Lipinski definition) is 5. The SMILES string of the molecule is CS(=O)(=O)c1ccc(C2=NC(NCc3ccc(F)cc3)C=NC2)cc1. The van der Waals surface area contributed by atoms with Gasteiger partial charge in [0.05, 0.1) is 17.2 Å². The van der Waals surface area contributed by atoms with E-state index < -0.39 is 9.84 Å². The molecule has 1 unspecified atom stereocenters. The Morgan fingerprint density at radius 3 is 2.44 bits per heavy atom. The summed E-state index contributed by atoms with van der Waals surface area (Å²) in [6.45, 7) is 0.994. The normalized spacial score (nSPS) is 17.4. The van der Waals surface area contributed by atoms with Crippen LogP contribution in [0.5, 0.6) is 0 Å². The van der Waals surface area contributed by atoms with Crippen LogP contribution in [-0.4, -0.2) is 39.3 Å². The van der Waals surface area contributed by atoms with E-state index in [-0.39, 0.29) is 16.9 Å². The summed E-state index contributed by atoms with van der Waals surface area (Å²) in [4.78, 5) is 9.21. The zero-order valence-corrected chi connectivity index (χ0v) is 14.5.